The van der Waals surface area contributed by atoms with Gasteiger partial charge in [-0.3, -0.25) is 9.98 Å². The van der Waals surface area contributed by atoms with Crippen LogP contribution < -0.4 is 0 Å². The van der Waals surface area contributed by atoms with Crippen LogP contribution in [-0.4, -0.2) is 12.4 Å². The first-order chi connectivity index (χ1) is 4.43. The molecule has 0 fully saturated rings. The Morgan fingerprint density at radius 1 is 1.33 bits per heavy atom. The molecule has 0 aliphatic carbocycles. The molecule has 1 aliphatic rings. The Morgan fingerprint density at radius 2 is 2.00 bits per heavy atom. The third-order valence-electron chi connectivity index (χ3n) is 1.27. The summed E-state index contributed by atoms with van der Waals surface area (Å²) in [6.45, 7) is 2.17. The van der Waals surface area contributed by atoms with Crippen LogP contribution in [0.4, 0.5) is 0 Å². The molecule has 0 bridgehead atoms. The number of hydrogen-bond acceptors (Lipinski definition) is 2. The first kappa shape index (κ1) is 6.46. The van der Waals surface area contributed by atoms with E-state index < -0.39 is 0 Å². The van der Waals surface area contributed by atoms with E-state index >= 15 is 0 Å². The molecule has 0 unspecified atom stereocenters. The Hall–Kier alpha value is -0.660. The largest absolute Gasteiger partial charge is 0.257 e. The van der Waals surface area contributed by atoms with Gasteiger partial charge in [0.2, 0.25) is 0 Å². The fourth-order valence-corrected chi connectivity index (χ4v) is 0.736. The Balaban J connectivity index is 2.13. The molecule has 9 heavy (non-hydrogen) atoms. The van der Waals surface area contributed by atoms with Crippen molar-refractivity contribution < 1.29 is 0 Å². The van der Waals surface area contributed by atoms with E-state index in [1.165, 1.54) is 12.8 Å². The molecule has 0 aromatic heterocycles. The highest BCUT2D eigenvalue weighted by Crippen LogP contribution is 2.14. The lowest BCUT2D eigenvalue weighted by Crippen LogP contribution is -1.84. The van der Waals surface area contributed by atoms with Gasteiger partial charge < -0.3 is 0 Å². The maximum absolute atomic E-state index is 4.04. The van der Waals surface area contributed by atoms with Crippen molar-refractivity contribution in [1.29, 1.82) is 0 Å². The average Bonchev–Trinajstić information content (AvgIpc) is 2.34. The maximum Gasteiger partial charge on any atom is 0.194 e. The zero-order valence-corrected chi connectivity index (χ0v) is 5.67. The molecule has 0 N–H and O–H groups in total. The van der Waals surface area contributed by atoms with Gasteiger partial charge in [-0.05, 0) is 12.8 Å². The van der Waals surface area contributed by atoms with Crippen LogP contribution in [0.5, 0.6) is 0 Å². The Bertz CT molecular complexity index is 115. The SMILES string of the molecule is CCCC[C]1N=CC=N1. The Kier molecular flexibility index (Phi) is 2.43. The molecule has 49 valence electrons. The standard InChI is InChI=1S/C7H11N2/c1-2-3-4-7-8-5-6-9-7/h5-6H,2-4H2,1H3. The van der Waals surface area contributed by atoms with Crippen LogP contribution in [0.2, 0.25) is 0 Å². The lowest BCUT2D eigenvalue weighted by atomic mass is 10.2. The third kappa shape index (κ3) is 1.96. The molecule has 1 rings (SSSR count). The quantitative estimate of drug-likeness (QED) is 0.547. The van der Waals surface area contributed by atoms with E-state index in [1.807, 2.05) is 0 Å². The van der Waals surface area contributed by atoms with Crippen molar-refractivity contribution in [1.82, 2.24) is 0 Å². The highest BCUT2D eigenvalue weighted by atomic mass is 15.0. The van der Waals surface area contributed by atoms with E-state index in [2.05, 4.69) is 16.9 Å². The molecule has 0 spiro atoms. The van der Waals surface area contributed by atoms with Gasteiger partial charge in [-0.2, -0.15) is 0 Å². The lowest BCUT2D eigenvalue weighted by molar-refractivity contribution is 0.713. The first-order valence-electron chi connectivity index (χ1n) is 3.36. The number of nitrogens with zero attached hydrogens (tertiary/aromatic N) is 2. The molecule has 2 heteroatoms. The van der Waals surface area contributed by atoms with Gasteiger partial charge in [0.15, 0.2) is 6.17 Å². The van der Waals surface area contributed by atoms with E-state index in [-0.39, 0.29) is 0 Å². The van der Waals surface area contributed by atoms with Gasteiger partial charge in [0, 0.05) is 12.4 Å². The minimum atomic E-state index is 0.983. The van der Waals surface area contributed by atoms with Gasteiger partial charge in [-0.25, -0.2) is 0 Å². The predicted octanol–water partition coefficient (Wildman–Crippen LogP) is 1.82. The van der Waals surface area contributed by atoms with E-state index in [0.29, 0.717) is 0 Å². The molecule has 1 radical (unpaired) electrons. The fraction of sp³-hybridized carbons (Fsp3) is 0.571. The van der Waals surface area contributed by atoms with E-state index in [1.54, 1.807) is 12.4 Å². The van der Waals surface area contributed by atoms with Crippen molar-refractivity contribution in [2.75, 3.05) is 0 Å². The van der Waals surface area contributed by atoms with Crippen molar-refractivity contribution in [2.45, 2.75) is 26.2 Å². The van der Waals surface area contributed by atoms with E-state index in [4.69, 9.17) is 0 Å². The number of aliphatic imine (C=N–C) groups is 2. The molecule has 0 amide bonds. The van der Waals surface area contributed by atoms with Crippen LogP contribution in [0, 0.1) is 6.17 Å². The highest BCUT2D eigenvalue weighted by molar-refractivity contribution is 6.18. The summed E-state index contributed by atoms with van der Waals surface area (Å²) in [6.07, 6.45) is 7.91. The molecular weight excluding hydrogens is 112 g/mol. The normalized spacial score (nSPS) is 17.4. The minimum absolute atomic E-state index is 0.983. The van der Waals surface area contributed by atoms with Crippen molar-refractivity contribution in [3.8, 4) is 0 Å². The van der Waals surface area contributed by atoms with Gasteiger partial charge >= 0.3 is 0 Å². The summed E-state index contributed by atoms with van der Waals surface area (Å²) in [5.41, 5.74) is 0. The second kappa shape index (κ2) is 3.38. The molecule has 0 saturated heterocycles. The summed E-state index contributed by atoms with van der Waals surface area (Å²) < 4.78 is 0. The summed E-state index contributed by atoms with van der Waals surface area (Å²) in [6, 6.07) is 0. The molecular formula is C7H11N2. The molecule has 0 atom stereocenters. The number of hydrogen-bond donors (Lipinski definition) is 0. The van der Waals surface area contributed by atoms with E-state index in [0.717, 1.165) is 12.6 Å². The van der Waals surface area contributed by atoms with Crippen LogP contribution in [0.1, 0.15) is 26.2 Å². The second-order valence-corrected chi connectivity index (χ2v) is 2.08. The van der Waals surface area contributed by atoms with Crippen molar-refractivity contribution >= 4 is 12.4 Å². The number of unbranched alkanes of at least 4 members (excludes halogenated alkanes) is 1. The number of rotatable bonds is 3. The van der Waals surface area contributed by atoms with Gasteiger partial charge in [0.1, 0.15) is 0 Å². The van der Waals surface area contributed by atoms with Crippen LogP contribution in [-0.2, 0) is 0 Å². The Morgan fingerprint density at radius 3 is 2.56 bits per heavy atom. The van der Waals surface area contributed by atoms with Crippen LogP contribution >= 0.6 is 0 Å². The topological polar surface area (TPSA) is 24.7 Å². The lowest BCUT2D eigenvalue weighted by Gasteiger charge is -1.97. The fourth-order valence-electron chi connectivity index (χ4n) is 0.736. The highest BCUT2D eigenvalue weighted by Gasteiger charge is 2.04. The maximum atomic E-state index is 4.04. The zero-order valence-electron chi connectivity index (χ0n) is 5.67. The first-order valence-corrected chi connectivity index (χ1v) is 3.36. The van der Waals surface area contributed by atoms with Crippen LogP contribution in [0.25, 0.3) is 0 Å². The minimum Gasteiger partial charge on any atom is -0.257 e. The summed E-state index contributed by atoms with van der Waals surface area (Å²) in [5.74, 6) is 0. The Labute approximate surface area is 55.7 Å². The molecule has 1 heterocycles. The monoisotopic (exact) mass is 123 g/mol. The molecule has 0 aromatic rings. The summed E-state index contributed by atoms with van der Waals surface area (Å²) in [5, 5.41) is 0. The van der Waals surface area contributed by atoms with E-state index in [9.17, 15) is 0 Å². The van der Waals surface area contributed by atoms with Crippen molar-refractivity contribution in [3.63, 3.8) is 0 Å². The van der Waals surface area contributed by atoms with Crippen LogP contribution in [0.15, 0.2) is 9.98 Å². The van der Waals surface area contributed by atoms with Crippen molar-refractivity contribution in [2.24, 2.45) is 9.98 Å². The molecule has 0 saturated carbocycles. The molecule has 0 aromatic carbocycles. The molecule has 1 aliphatic heterocycles. The van der Waals surface area contributed by atoms with Gasteiger partial charge in [-0.15, -0.1) is 0 Å². The smallest absolute Gasteiger partial charge is 0.194 e. The average molecular weight is 123 g/mol. The third-order valence-corrected chi connectivity index (χ3v) is 1.27. The molecule has 2 nitrogen and oxygen atoms in total. The zero-order chi connectivity index (χ0) is 6.53. The summed E-state index contributed by atoms with van der Waals surface area (Å²) in [4.78, 5) is 8.09. The summed E-state index contributed by atoms with van der Waals surface area (Å²) >= 11 is 0. The predicted molar refractivity (Wildman–Crippen MR) is 39.8 cm³/mol. The second-order valence-electron chi connectivity index (χ2n) is 2.08. The van der Waals surface area contributed by atoms with Crippen molar-refractivity contribution in [3.05, 3.63) is 6.17 Å². The van der Waals surface area contributed by atoms with Gasteiger partial charge in [-0.1, -0.05) is 13.3 Å². The van der Waals surface area contributed by atoms with Crippen LogP contribution in [0.3, 0.4) is 0 Å². The summed E-state index contributed by atoms with van der Waals surface area (Å²) in [7, 11) is 0. The van der Waals surface area contributed by atoms with Gasteiger partial charge in [0.25, 0.3) is 0 Å². The van der Waals surface area contributed by atoms with Gasteiger partial charge in [0.05, 0.1) is 0 Å².